The Hall–Kier alpha value is -3.14. The summed E-state index contributed by atoms with van der Waals surface area (Å²) in [5, 5.41) is 6.88. The lowest BCUT2D eigenvalue weighted by Crippen LogP contribution is -2.00. The molecule has 0 spiro atoms. The first-order valence-corrected chi connectivity index (χ1v) is 7.54. The number of hydrazone groups is 1. The Bertz CT molecular complexity index is 981. The van der Waals surface area contributed by atoms with Crippen LogP contribution in [0.25, 0.3) is 21.8 Å². The van der Waals surface area contributed by atoms with Crippen LogP contribution in [0.3, 0.4) is 0 Å². The minimum absolute atomic E-state index is 0.645. The minimum atomic E-state index is 0.645. The van der Waals surface area contributed by atoms with E-state index in [1.807, 2.05) is 43.3 Å². The van der Waals surface area contributed by atoms with Gasteiger partial charge in [0.15, 0.2) is 0 Å². The number of hydrogen-bond acceptors (Lipinski definition) is 3. The van der Waals surface area contributed by atoms with Crippen LogP contribution in [0, 0.1) is 0 Å². The van der Waals surface area contributed by atoms with Crippen molar-refractivity contribution in [1.82, 2.24) is 9.97 Å². The molecule has 0 fully saturated rings. The molecule has 112 valence electrons. The quantitative estimate of drug-likeness (QED) is 0.431. The molecule has 4 aromatic rings. The third-order valence-corrected chi connectivity index (χ3v) is 3.89. The molecule has 2 N–H and O–H groups in total. The summed E-state index contributed by atoms with van der Waals surface area (Å²) in [6, 6.07) is 22.6. The van der Waals surface area contributed by atoms with Crippen molar-refractivity contribution >= 4 is 33.5 Å². The molecule has 0 bridgehead atoms. The van der Waals surface area contributed by atoms with Crippen LogP contribution in [-0.4, -0.2) is 15.7 Å². The van der Waals surface area contributed by atoms with E-state index in [2.05, 4.69) is 50.8 Å². The Balaban J connectivity index is 1.61. The van der Waals surface area contributed by atoms with Crippen molar-refractivity contribution in [2.24, 2.45) is 5.10 Å². The summed E-state index contributed by atoms with van der Waals surface area (Å²) in [5.41, 5.74) is 6.92. The number of benzene rings is 3. The maximum Gasteiger partial charge on any atom is 0.222 e. The van der Waals surface area contributed by atoms with Gasteiger partial charge in [0.2, 0.25) is 5.95 Å². The molecule has 0 aliphatic heterocycles. The van der Waals surface area contributed by atoms with Gasteiger partial charge in [0.05, 0.1) is 16.7 Å². The highest BCUT2D eigenvalue weighted by atomic mass is 15.4. The predicted molar refractivity (Wildman–Crippen MR) is 95.9 cm³/mol. The van der Waals surface area contributed by atoms with Crippen molar-refractivity contribution in [3.05, 3.63) is 72.3 Å². The second kappa shape index (κ2) is 5.57. The van der Waals surface area contributed by atoms with Gasteiger partial charge in [0.1, 0.15) is 0 Å². The molecule has 4 rings (SSSR count). The zero-order valence-corrected chi connectivity index (χ0v) is 12.7. The van der Waals surface area contributed by atoms with Gasteiger partial charge < -0.3 is 4.98 Å². The van der Waals surface area contributed by atoms with Gasteiger partial charge in [0.25, 0.3) is 0 Å². The Morgan fingerprint density at radius 3 is 2.61 bits per heavy atom. The van der Waals surface area contributed by atoms with Gasteiger partial charge in [-0.1, -0.05) is 48.5 Å². The zero-order chi connectivity index (χ0) is 15.6. The number of fused-ring (bicyclic) bond motifs is 2. The number of para-hydroxylation sites is 2. The van der Waals surface area contributed by atoms with E-state index in [1.165, 1.54) is 10.8 Å². The second-order valence-electron chi connectivity index (χ2n) is 5.47. The SMILES string of the molecule is C/C(=N/Nc1nc2ccccc2[nH]1)c1ccc2ccccc2c1. The molecule has 0 amide bonds. The monoisotopic (exact) mass is 300 g/mol. The van der Waals surface area contributed by atoms with Crippen LogP contribution in [0.1, 0.15) is 12.5 Å². The number of imidazole rings is 1. The van der Waals surface area contributed by atoms with E-state index in [9.17, 15) is 0 Å². The zero-order valence-electron chi connectivity index (χ0n) is 12.7. The first-order valence-electron chi connectivity index (χ1n) is 7.54. The number of nitrogens with zero attached hydrogens (tertiary/aromatic N) is 2. The van der Waals surface area contributed by atoms with E-state index in [1.54, 1.807) is 0 Å². The molecule has 0 aliphatic rings. The summed E-state index contributed by atoms with van der Waals surface area (Å²) in [6.07, 6.45) is 0. The van der Waals surface area contributed by atoms with Crippen LogP contribution in [0.15, 0.2) is 71.8 Å². The van der Waals surface area contributed by atoms with Crippen LogP contribution < -0.4 is 5.43 Å². The number of nitrogens with one attached hydrogen (secondary N) is 2. The molecule has 0 unspecified atom stereocenters. The maximum absolute atomic E-state index is 4.45. The number of aromatic nitrogens is 2. The number of H-pyrrole nitrogens is 1. The molecule has 0 saturated carbocycles. The lowest BCUT2D eigenvalue weighted by atomic mass is 10.0. The highest BCUT2D eigenvalue weighted by molar-refractivity contribution is 6.02. The van der Waals surface area contributed by atoms with Gasteiger partial charge in [-0.2, -0.15) is 5.10 Å². The second-order valence-corrected chi connectivity index (χ2v) is 5.47. The van der Waals surface area contributed by atoms with Gasteiger partial charge in [-0.25, -0.2) is 10.4 Å². The molecular formula is C19H16N4. The van der Waals surface area contributed by atoms with E-state index >= 15 is 0 Å². The van der Waals surface area contributed by atoms with Crippen molar-refractivity contribution in [2.75, 3.05) is 5.43 Å². The van der Waals surface area contributed by atoms with Crippen LogP contribution in [0.2, 0.25) is 0 Å². The van der Waals surface area contributed by atoms with Gasteiger partial charge in [-0.3, -0.25) is 0 Å². The van der Waals surface area contributed by atoms with E-state index in [0.29, 0.717) is 5.95 Å². The third-order valence-electron chi connectivity index (χ3n) is 3.89. The first kappa shape index (κ1) is 13.5. The fraction of sp³-hybridized carbons (Fsp3) is 0.0526. The lowest BCUT2D eigenvalue weighted by Gasteiger charge is -2.04. The Morgan fingerprint density at radius 2 is 1.74 bits per heavy atom. The molecular weight excluding hydrogens is 284 g/mol. The number of anilines is 1. The molecule has 4 nitrogen and oxygen atoms in total. The molecule has 23 heavy (non-hydrogen) atoms. The largest absolute Gasteiger partial charge is 0.323 e. The number of rotatable bonds is 3. The Labute approximate surface area is 133 Å². The van der Waals surface area contributed by atoms with Gasteiger partial charge in [0, 0.05) is 0 Å². The fourth-order valence-corrected chi connectivity index (χ4v) is 2.62. The minimum Gasteiger partial charge on any atom is -0.323 e. The first-order chi connectivity index (χ1) is 11.3. The number of hydrogen-bond donors (Lipinski definition) is 2. The summed E-state index contributed by atoms with van der Waals surface area (Å²) in [4.78, 5) is 7.66. The van der Waals surface area contributed by atoms with Crippen LogP contribution >= 0.6 is 0 Å². The summed E-state index contributed by atoms with van der Waals surface area (Å²) >= 11 is 0. The summed E-state index contributed by atoms with van der Waals surface area (Å²) in [5.74, 6) is 0.645. The molecule has 4 heteroatoms. The highest BCUT2D eigenvalue weighted by Crippen LogP contribution is 2.17. The molecule has 0 atom stereocenters. The normalized spacial score (nSPS) is 12.0. The Morgan fingerprint density at radius 1 is 0.957 bits per heavy atom. The lowest BCUT2D eigenvalue weighted by molar-refractivity contribution is 1.20. The highest BCUT2D eigenvalue weighted by Gasteiger charge is 2.02. The number of aromatic amines is 1. The standard InChI is InChI=1S/C19H16N4/c1-13(15-11-10-14-6-2-3-7-16(14)12-15)22-23-19-20-17-8-4-5-9-18(17)21-19/h2-12H,1H3,(H2,20,21,23)/b22-13-. The Kier molecular flexibility index (Phi) is 3.27. The summed E-state index contributed by atoms with van der Waals surface area (Å²) < 4.78 is 0. The van der Waals surface area contributed by atoms with Crippen molar-refractivity contribution in [2.45, 2.75) is 6.92 Å². The van der Waals surface area contributed by atoms with E-state index in [4.69, 9.17) is 0 Å². The molecule has 1 aromatic heterocycles. The maximum atomic E-state index is 4.45. The summed E-state index contributed by atoms with van der Waals surface area (Å²) in [6.45, 7) is 1.99. The molecule has 0 aliphatic carbocycles. The van der Waals surface area contributed by atoms with Crippen molar-refractivity contribution in [1.29, 1.82) is 0 Å². The van der Waals surface area contributed by atoms with Crippen LogP contribution in [0.5, 0.6) is 0 Å². The molecule has 1 heterocycles. The van der Waals surface area contributed by atoms with E-state index in [-0.39, 0.29) is 0 Å². The van der Waals surface area contributed by atoms with Crippen LogP contribution in [0.4, 0.5) is 5.95 Å². The van der Waals surface area contributed by atoms with E-state index in [0.717, 1.165) is 22.3 Å². The molecule has 0 radical (unpaired) electrons. The average molecular weight is 300 g/mol. The van der Waals surface area contributed by atoms with Gasteiger partial charge >= 0.3 is 0 Å². The molecule has 3 aromatic carbocycles. The summed E-state index contributed by atoms with van der Waals surface area (Å²) in [7, 11) is 0. The van der Waals surface area contributed by atoms with Gasteiger partial charge in [-0.15, -0.1) is 0 Å². The van der Waals surface area contributed by atoms with Crippen molar-refractivity contribution in [3.63, 3.8) is 0 Å². The predicted octanol–water partition coefficient (Wildman–Crippen LogP) is 4.55. The van der Waals surface area contributed by atoms with Crippen molar-refractivity contribution < 1.29 is 0 Å². The van der Waals surface area contributed by atoms with Crippen LogP contribution in [-0.2, 0) is 0 Å². The molecule has 0 saturated heterocycles. The smallest absolute Gasteiger partial charge is 0.222 e. The van der Waals surface area contributed by atoms with Gasteiger partial charge in [-0.05, 0) is 41.5 Å². The fourth-order valence-electron chi connectivity index (χ4n) is 2.62. The topological polar surface area (TPSA) is 53.1 Å². The third kappa shape index (κ3) is 2.66. The van der Waals surface area contributed by atoms with Crippen molar-refractivity contribution in [3.8, 4) is 0 Å². The average Bonchev–Trinajstić information content (AvgIpc) is 3.02. The van der Waals surface area contributed by atoms with E-state index < -0.39 is 0 Å².